The highest BCUT2D eigenvalue weighted by molar-refractivity contribution is 6.35. The maximum absolute atomic E-state index is 15.8. The number of piperidine rings is 2. The number of piperazine rings is 1. The third-order valence-corrected chi connectivity index (χ3v) is 12.4. The molecule has 3 saturated heterocycles. The molecule has 5 amide bonds. The van der Waals surface area contributed by atoms with Gasteiger partial charge in [0.05, 0.1) is 26.7 Å². The van der Waals surface area contributed by atoms with Crippen molar-refractivity contribution in [3.05, 3.63) is 93.6 Å². The van der Waals surface area contributed by atoms with Crippen LogP contribution in [0.15, 0.2) is 61.1 Å². The molecule has 4 aliphatic rings. The van der Waals surface area contributed by atoms with E-state index >= 15 is 4.39 Å². The molecule has 1 unspecified atom stereocenters. The fraction of sp³-hybridized carbons (Fsp3) is 0.333. The summed E-state index contributed by atoms with van der Waals surface area (Å²) in [5.41, 5.74) is 3.55. The molecular weight excluding hydrogens is 816 g/mol. The van der Waals surface area contributed by atoms with Crippen LogP contribution in [0.1, 0.15) is 65.0 Å². The van der Waals surface area contributed by atoms with Gasteiger partial charge in [-0.25, -0.2) is 9.37 Å². The van der Waals surface area contributed by atoms with Crippen molar-refractivity contribution in [3.8, 4) is 17.0 Å². The number of hydrogen-bond acceptors (Lipinski definition) is 11. The fourth-order valence-electron chi connectivity index (χ4n) is 8.59. The van der Waals surface area contributed by atoms with E-state index in [1.807, 2.05) is 28.9 Å². The number of imide groups is 2. The van der Waals surface area contributed by atoms with Crippen molar-refractivity contribution in [2.75, 3.05) is 49.1 Å². The number of amides is 5. The SMILES string of the molecule is C[C@@H](Oc1ccc2[nH]nc(-c3cnc(N4CCN(C(=O)C5CCN(c6ccc7c(c6)C(=O)N(C6CCC(=O)NC6=O)C7=O)CC5)CC4)c(F)c3)c2c1)c1c(Cl)cncc1Cl. The number of pyridine rings is 2. The second-order valence-electron chi connectivity index (χ2n) is 15.3. The lowest BCUT2D eigenvalue weighted by Gasteiger charge is -2.39. The zero-order valence-corrected chi connectivity index (χ0v) is 33.8. The van der Waals surface area contributed by atoms with Crippen LogP contribution in [0.25, 0.3) is 22.2 Å². The molecule has 60 heavy (non-hydrogen) atoms. The minimum absolute atomic E-state index is 0.0507. The monoisotopic (exact) mass is 853 g/mol. The maximum Gasteiger partial charge on any atom is 0.262 e. The van der Waals surface area contributed by atoms with E-state index < -0.39 is 41.6 Å². The number of benzene rings is 2. The van der Waals surface area contributed by atoms with Gasteiger partial charge in [-0.1, -0.05) is 23.2 Å². The van der Waals surface area contributed by atoms with Gasteiger partial charge in [0, 0.05) is 92.4 Å². The quantitative estimate of drug-likeness (QED) is 0.187. The molecule has 9 rings (SSSR count). The number of aromatic nitrogens is 4. The van der Waals surface area contributed by atoms with Gasteiger partial charge in [0.15, 0.2) is 11.6 Å². The van der Waals surface area contributed by atoms with Crippen LogP contribution in [-0.4, -0.2) is 105 Å². The first-order valence-corrected chi connectivity index (χ1v) is 20.4. The third kappa shape index (κ3) is 7.17. The van der Waals surface area contributed by atoms with Crippen molar-refractivity contribution in [2.45, 2.75) is 44.8 Å². The van der Waals surface area contributed by atoms with Gasteiger partial charge >= 0.3 is 0 Å². The standard InChI is InChI=1S/C42H38Cl2FN9O6/c1-22(36-30(43)20-46-21-31(36)44)60-26-3-5-33-29(18-26)37(50-49-33)24-16-32(45)38(47-19-24)52-12-14-53(15-13-52)40(57)23-8-10-51(11-9-23)25-2-4-27-28(17-25)42(59)54(41(27)58)34-6-7-35(55)48-39(34)56/h2-5,16-23,34H,6-15H2,1H3,(H,49,50)(H,48,55,56)/t22-,34?/m1/s1. The van der Waals surface area contributed by atoms with E-state index in [0.29, 0.717) is 84.7 Å². The van der Waals surface area contributed by atoms with Crippen LogP contribution in [0.5, 0.6) is 5.75 Å². The average Bonchev–Trinajstić information content (AvgIpc) is 3.77. The number of aromatic amines is 1. The molecule has 0 bridgehead atoms. The van der Waals surface area contributed by atoms with Gasteiger partial charge in [0.1, 0.15) is 23.6 Å². The van der Waals surface area contributed by atoms with Crippen molar-refractivity contribution >= 4 is 75.1 Å². The molecular formula is C42H38Cl2FN9O6. The second kappa shape index (κ2) is 15.8. The van der Waals surface area contributed by atoms with Gasteiger partial charge in [-0.05, 0) is 68.7 Å². The van der Waals surface area contributed by atoms with E-state index in [1.54, 1.807) is 30.5 Å². The molecule has 2 aromatic carbocycles. The van der Waals surface area contributed by atoms with E-state index in [2.05, 4.69) is 30.4 Å². The topological polar surface area (TPSA) is 174 Å². The van der Waals surface area contributed by atoms with Gasteiger partial charge in [0.25, 0.3) is 11.8 Å². The highest BCUT2D eigenvalue weighted by atomic mass is 35.5. The molecule has 5 aromatic rings. The Morgan fingerprint density at radius 1 is 0.867 bits per heavy atom. The first-order chi connectivity index (χ1) is 28.9. The van der Waals surface area contributed by atoms with Crippen molar-refractivity contribution < 1.29 is 33.1 Å². The highest BCUT2D eigenvalue weighted by Gasteiger charge is 2.45. The molecule has 3 aromatic heterocycles. The number of ether oxygens (including phenoxy) is 1. The van der Waals surface area contributed by atoms with E-state index in [9.17, 15) is 24.0 Å². The van der Waals surface area contributed by atoms with Crippen molar-refractivity contribution in [1.82, 2.24) is 35.3 Å². The number of H-pyrrole nitrogens is 1. The van der Waals surface area contributed by atoms with Gasteiger partial charge < -0.3 is 19.4 Å². The number of halogens is 3. The zero-order chi connectivity index (χ0) is 41.8. The number of rotatable bonds is 8. The molecule has 0 spiro atoms. The summed E-state index contributed by atoms with van der Waals surface area (Å²) in [4.78, 5) is 79.4. The zero-order valence-electron chi connectivity index (χ0n) is 32.3. The van der Waals surface area contributed by atoms with E-state index in [-0.39, 0.29) is 41.6 Å². The van der Waals surface area contributed by atoms with Gasteiger partial charge in [-0.2, -0.15) is 5.10 Å². The number of hydrogen-bond donors (Lipinski definition) is 2. The Bertz CT molecular complexity index is 2570. The van der Waals surface area contributed by atoms with Crippen molar-refractivity contribution in [3.63, 3.8) is 0 Å². The average molecular weight is 855 g/mol. The summed E-state index contributed by atoms with van der Waals surface area (Å²) in [5.74, 6) is -2.07. The Hall–Kier alpha value is -6.13. The summed E-state index contributed by atoms with van der Waals surface area (Å²) >= 11 is 12.7. The van der Waals surface area contributed by atoms with Crippen molar-refractivity contribution in [1.29, 1.82) is 0 Å². The third-order valence-electron chi connectivity index (χ3n) is 11.8. The molecule has 7 heterocycles. The van der Waals surface area contributed by atoms with Crippen LogP contribution in [0.2, 0.25) is 10.0 Å². The summed E-state index contributed by atoms with van der Waals surface area (Å²) < 4.78 is 21.9. The predicted molar refractivity (Wildman–Crippen MR) is 219 cm³/mol. The number of fused-ring (bicyclic) bond motifs is 2. The lowest BCUT2D eigenvalue weighted by molar-refractivity contribution is -0.137. The van der Waals surface area contributed by atoms with Crippen LogP contribution in [0.4, 0.5) is 15.9 Å². The fourth-order valence-corrected chi connectivity index (χ4v) is 9.26. The van der Waals surface area contributed by atoms with Gasteiger partial charge in [-0.3, -0.25) is 44.3 Å². The highest BCUT2D eigenvalue weighted by Crippen LogP contribution is 2.36. The Morgan fingerprint density at radius 2 is 1.60 bits per heavy atom. The van der Waals surface area contributed by atoms with Crippen LogP contribution < -0.4 is 19.9 Å². The first kappa shape index (κ1) is 39.3. The van der Waals surface area contributed by atoms with E-state index in [0.717, 1.165) is 21.5 Å². The first-order valence-electron chi connectivity index (χ1n) is 19.7. The predicted octanol–water partition coefficient (Wildman–Crippen LogP) is 5.57. The molecule has 2 atom stereocenters. The van der Waals surface area contributed by atoms with E-state index in [1.165, 1.54) is 18.5 Å². The largest absolute Gasteiger partial charge is 0.486 e. The summed E-state index contributed by atoms with van der Waals surface area (Å²) in [6, 6.07) is 10.9. The lowest BCUT2D eigenvalue weighted by atomic mass is 9.94. The Balaban J connectivity index is 0.797. The molecule has 2 N–H and O–H groups in total. The molecule has 0 saturated carbocycles. The minimum Gasteiger partial charge on any atom is -0.486 e. The number of nitrogens with one attached hydrogen (secondary N) is 2. The van der Waals surface area contributed by atoms with Crippen LogP contribution >= 0.6 is 23.2 Å². The normalized spacial score (nSPS) is 19.2. The number of carbonyl (C=O) groups is 5. The summed E-state index contributed by atoms with van der Waals surface area (Å²) in [7, 11) is 0. The molecule has 4 aliphatic heterocycles. The molecule has 3 fully saturated rings. The molecule has 18 heteroatoms. The molecule has 308 valence electrons. The van der Waals surface area contributed by atoms with Crippen LogP contribution in [0.3, 0.4) is 0 Å². The van der Waals surface area contributed by atoms with Gasteiger partial charge in [-0.15, -0.1) is 0 Å². The maximum atomic E-state index is 15.8. The molecule has 0 radical (unpaired) electrons. The summed E-state index contributed by atoms with van der Waals surface area (Å²) in [5, 5.41) is 11.2. The second-order valence-corrected chi connectivity index (χ2v) is 16.2. The minimum atomic E-state index is -1.03. The summed E-state index contributed by atoms with van der Waals surface area (Å²) in [6.45, 7) is 4.67. The van der Waals surface area contributed by atoms with E-state index in [4.69, 9.17) is 27.9 Å². The number of carbonyl (C=O) groups excluding carboxylic acids is 5. The molecule has 0 aliphatic carbocycles. The number of anilines is 2. The number of nitrogens with zero attached hydrogens (tertiary/aromatic N) is 7. The lowest BCUT2D eigenvalue weighted by Crippen LogP contribution is -2.54. The van der Waals surface area contributed by atoms with Gasteiger partial charge in [0.2, 0.25) is 17.7 Å². The Morgan fingerprint density at radius 3 is 2.32 bits per heavy atom. The Kier molecular flexibility index (Phi) is 10.4. The molecule has 15 nitrogen and oxygen atoms in total. The van der Waals surface area contributed by atoms with Crippen LogP contribution in [0, 0.1) is 11.7 Å². The van der Waals surface area contributed by atoms with Crippen LogP contribution in [-0.2, 0) is 14.4 Å². The summed E-state index contributed by atoms with van der Waals surface area (Å²) in [6.07, 6.45) is 5.48. The smallest absolute Gasteiger partial charge is 0.262 e. The Labute approximate surface area is 352 Å². The van der Waals surface area contributed by atoms with Crippen molar-refractivity contribution in [2.24, 2.45) is 5.92 Å².